The molecule has 0 fully saturated rings. The highest BCUT2D eigenvalue weighted by Crippen LogP contribution is 2.29. The molecule has 4 aromatic rings. The summed E-state index contributed by atoms with van der Waals surface area (Å²) in [7, 11) is 0. The van der Waals surface area contributed by atoms with Crippen LogP contribution < -0.4 is 5.43 Å². The summed E-state index contributed by atoms with van der Waals surface area (Å²) in [6, 6.07) is 12.9. The minimum absolute atomic E-state index is 0.110. The number of aromatic nitrogens is 1. The van der Waals surface area contributed by atoms with Crippen LogP contribution in [0, 0.1) is 6.92 Å². The highest BCUT2D eigenvalue weighted by Gasteiger charge is 2.14. The monoisotopic (exact) mass is 335 g/mol. The van der Waals surface area contributed by atoms with Crippen LogP contribution in [0.4, 0.5) is 0 Å². The Bertz CT molecular complexity index is 1100. The van der Waals surface area contributed by atoms with Crippen LogP contribution in [0.25, 0.3) is 32.8 Å². The minimum atomic E-state index is -0.149. The molecule has 0 amide bonds. The van der Waals surface area contributed by atoms with Crippen LogP contribution in [0.5, 0.6) is 5.75 Å². The Labute approximate surface area is 141 Å². The molecule has 0 saturated heterocycles. The van der Waals surface area contributed by atoms with Crippen molar-refractivity contribution in [2.75, 3.05) is 0 Å². The first-order valence-corrected chi connectivity index (χ1v) is 8.28. The Morgan fingerprint density at radius 2 is 1.96 bits per heavy atom. The van der Waals surface area contributed by atoms with Gasteiger partial charge in [-0.2, -0.15) is 0 Å². The fourth-order valence-corrected chi connectivity index (χ4v) is 3.39. The van der Waals surface area contributed by atoms with Crippen molar-refractivity contribution in [3.8, 4) is 27.6 Å². The van der Waals surface area contributed by atoms with Gasteiger partial charge in [0.05, 0.1) is 16.6 Å². The molecule has 2 aromatic heterocycles. The van der Waals surface area contributed by atoms with Crippen LogP contribution in [-0.4, -0.2) is 10.1 Å². The summed E-state index contributed by atoms with van der Waals surface area (Å²) in [5.41, 5.74) is 2.88. The topological polar surface area (TPSA) is 63.3 Å². The molecule has 4 nitrogen and oxygen atoms in total. The molecule has 2 aromatic carbocycles. The van der Waals surface area contributed by atoms with E-state index in [2.05, 4.69) is 4.98 Å². The molecule has 24 heavy (non-hydrogen) atoms. The molecule has 0 aliphatic heterocycles. The third kappa shape index (κ3) is 2.39. The van der Waals surface area contributed by atoms with Crippen molar-refractivity contribution in [3.63, 3.8) is 0 Å². The average Bonchev–Trinajstić information content (AvgIpc) is 3.08. The van der Waals surface area contributed by atoms with Crippen molar-refractivity contribution in [3.05, 3.63) is 69.9 Å². The second kappa shape index (κ2) is 5.62. The largest absolute Gasteiger partial charge is 0.508 e. The lowest BCUT2D eigenvalue weighted by atomic mass is 10.1. The zero-order valence-corrected chi connectivity index (χ0v) is 13.6. The zero-order chi connectivity index (χ0) is 16.7. The number of phenols is 1. The number of nitrogens with zero attached hydrogens (tertiary/aromatic N) is 1. The Morgan fingerprint density at radius 1 is 1.17 bits per heavy atom. The van der Waals surface area contributed by atoms with Gasteiger partial charge in [-0.1, -0.05) is 30.3 Å². The van der Waals surface area contributed by atoms with Crippen molar-refractivity contribution in [2.45, 2.75) is 6.92 Å². The molecule has 0 aliphatic rings. The fraction of sp³-hybridized carbons (Fsp3) is 0.0526. The Hall–Kier alpha value is -2.92. The molecule has 5 heteroatoms. The summed E-state index contributed by atoms with van der Waals surface area (Å²) >= 11 is 1.49. The first-order chi connectivity index (χ1) is 11.6. The molecule has 0 aliphatic carbocycles. The number of fused-ring (bicyclic) bond motifs is 1. The number of aromatic hydroxyl groups is 1. The van der Waals surface area contributed by atoms with Gasteiger partial charge in [-0.15, -0.1) is 11.3 Å². The summed E-state index contributed by atoms with van der Waals surface area (Å²) in [5, 5.41) is 12.9. The van der Waals surface area contributed by atoms with Crippen LogP contribution >= 0.6 is 11.3 Å². The van der Waals surface area contributed by atoms with Crippen molar-refractivity contribution in [2.24, 2.45) is 0 Å². The maximum Gasteiger partial charge on any atom is 0.202 e. The lowest BCUT2D eigenvalue weighted by Crippen LogP contribution is -2.05. The third-order valence-electron chi connectivity index (χ3n) is 3.89. The zero-order valence-electron chi connectivity index (χ0n) is 12.8. The van der Waals surface area contributed by atoms with E-state index in [0.717, 1.165) is 10.6 Å². The van der Waals surface area contributed by atoms with Crippen LogP contribution in [-0.2, 0) is 0 Å². The molecular weight excluding hydrogens is 322 g/mol. The van der Waals surface area contributed by atoms with E-state index in [1.54, 1.807) is 13.0 Å². The van der Waals surface area contributed by atoms with Crippen molar-refractivity contribution in [1.29, 1.82) is 0 Å². The average molecular weight is 335 g/mol. The second-order valence-corrected chi connectivity index (χ2v) is 6.38. The molecule has 0 spiro atoms. The highest BCUT2D eigenvalue weighted by molar-refractivity contribution is 7.13. The van der Waals surface area contributed by atoms with Gasteiger partial charge in [-0.05, 0) is 18.6 Å². The van der Waals surface area contributed by atoms with Crippen molar-refractivity contribution < 1.29 is 9.52 Å². The number of benzene rings is 2. The molecule has 0 radical (unpaired) electrons. The van der Waals surface area contributed by atoms with Crippen molar-refractivity contribution >= 4 is 22.3 Å². The number of phenolic OH excluding ortho intramolecular Hbond substituents is 1. The number of hydrogen-bond donors (Lipinski definition) is 1. The predicted octanol–water partition coefficient (Wildman–Crippen LogP) is 4.60. The van der Waals surface area contributed by atoms with E-state index >= 15 is 0 Å². The van der Waals surface area contributed by atoms with Gasteiger partial charge in [0, 0.05) is 17.0 Å². The third-order valence-corrected chi connectivity index (χ3v) is 4.78. The molecule has 118 valence electrons. The van der Waals surface area contributed by atoms with Gasteiger partial charge in [0.1, 0.15) is 22.6 Å². The predicted molar refractivity (Wildman–Crippen MR) is 95.4 cm³/mol. The molecule has 0 atom stereocenters. The molecule has 4 rings (SSSR count). The van der Waals surface area contributed by atoms with E-state index < -0.39 is 0 Å². The van der Waals surface area contributed by atoms with Crippen LogP contribution in [0.1, 0.15) is 5.56 Å². The number of rotatable bonds is 2. The van der Waals surface area contributed by atoms with E-state index in [4.69, 9.17) is 4.42 Å². The number of thiazole rings is 1. The lowest BCUT2D eigenvalue weighted by molar-refractivity contribution is 0.470. The van der Waals surface area contributed by atoms with E-state index in [0.29, 0.717) is 27.8 Å². The van der Waals surface area contributed by atoms with E-state index in [9.17, 15) is 9.90 Å². The standard InChI is InChI=1S/C19H13NO3S/c1-11-7-13-17(8-16(11)21)23-9-14(18(13)22)15-10-24-19(20-15)12-5-3-2-4-6-12/h2-10,21H,1H3. The Kier molecular flexibility index (Phi) is 3.43. The van der Waals surface area contributed by atoms with Crippen LogP contribution in [0.3, 0.4) is 0 Å². The number of hydrogen-bond acceptors (Lipinski definition) is 5. The highest BCUT2D eigenvalue weighted by atomic mass is 32.1. The number of aryl methyl sites for hydroxylation is 1. The van der Waals surface area contributed by atoms with Gasteiger partial charge < -0.3 is 9.52 Å². The summed E-state index contributed by atoms with van der Waals surface area (Å²) in [4.78, 5) is 17.3. The van der Waals surface area contributed by atoms with E-state index in [1.165, 1.54) is 23.7 Å². The Morgan fingerprint density at radius 3 is 2.75 bits per heavy atom. The van der Waals surface area contributed by atoms with Crippen LogP contribution in [0.15, 0.2) is 63.3 Å². The van der Waals surface area contributed by atoms with Gasteiger partial charge in [0.25, 0.3) is 0 Å². The summed E-state index contributed by atoms with van der Waals surface area (Å²) in [6.45, 7) is 1.75. The molecule has 1 N–H and O–H groups in total. The smallest absolute Gasteiger partial charge is 0.202 e. The lowest BCUT2D eigenvalue weighted by Gasteiger charge is -2.03. The summed E-state index contributed by atoms with van der Waals surface area (Å²) in [6.07, 6.45) is 1.41. The quantitative estimate of drug-likeness (QED) is 0.581. The van der Waals surface area contributed by atoms with Crippen LogP contribution in [0.2, 0.25) is 0 Å². The Balaban J connectivity index is 1.86. The molecule has 0 unspecified atom stereocenters. The van der Waals surface area contributed by atoms with Gasteiger partial charge in [0.2, 0.25) is 5.43 Å². The van der Waals surface area contributed by atoms with Gasteiger partial charge >= 0.3 is 0 Å². The second-order valence-electron chi connectivity index (χ2n) is 5.52. The first-order valence-electron chi connectivity index (χ1n) is 7.40. The molecular formula is C19H13NO3S. The first kappa shape index (κ1) is 14.7. The van der Waals surface area contributed by atoms with E-state index in [-0.39, 0.29) is 11.2 Å². The summed E-state index contributed by atoms with van der Waals surface area (Å²) < 4.78 is 5.53. The van der Waals surface area contributed by atoms with Crippen molar-refractivity contribution in [1.82, 2.24) is 4.98 Å². The minimum Gasteiger partial charge on any atom is -0.508 e. The molecule has 0 bridgehead atoms. The summed E-state index contributed by atoms with van der Waals surface area (Å²) in [5.74, 6) is 0.110. The molecule has 2 heterocycles. The van der Waals surface area contributed by atoms with Gasteiger partial charge in [-0.25, -0.2) is 4.98 Å². The SMILES string of the molecule is Cc1cc2c(=O)c(-c3csc(-c4ccccc4)n3)coc2cc1O. The molecule has 0 saturated carbocycles. The van der Waals surface area contributed by atoms with Gasteiger partial charge in [-0.3, -0.25) is 4.79 Å². The van der Waals surface area contributed by atoms with E-state index in [1.807, 2.05) is 35.7 Å². The maximum atomic E-state index is 12.8. The maximum absolute atomic E-state index is 12.8. The normalized spacial score (nSPS) is 11.0. The van der Waals surface area contributed by atoms with Gasteiger partial charge in [0.15, 0.2) is 0 Å². The fourth-order valence-electron chi connectivity index (χ4n) is 2.56.